The van der Waals surface area contributed by atoms with Crippen molar-refractivity contribution in [3.63, 3.8) is 0 Å². The minimum atomic E-state index is -3.79. The molecule has 0 aliphatic carbocycles. The highest BCUT2D eigenvalue weighted by Crippen LogP contribution is 2.27. The first-order chi connectivity index (χ1) is 15.3. The molecule has 1 saturated heterocycles. The molecule has 1 aromatic heterocycles. The normalized spacial score (nSPS) is 18.7. The molecule has 1 aliphatic heterocycles. The van der Waals surface area contributed by atoms with Crippen molar-refractivity contribution < 1.29 is 17.6 Å². The molecule has 7 nitrogen and oxygen atoms in total. The number of hydrogen-bond donors (Lipinski definition) is 2. The average molecular weight is 459 g/mol. The fourth-order valence-electron chi connectivity index (χ4n) is 4.07. The van der Waals surface area contributed by atoms with E-state index in [1.807, 2.05) is 38.1 Å². The minimum absolute atomic E-state index is 0.0299. The Morgan fingerprint density at radius 2 is 1.91 bits per heavy atom. The van der Waals surface area contributed by atoms with Crippen LogP contribution in [0, 0.1) is 17.7 Å². The lowest BCUT2D eigenvalue weighted by Gasteiger charge is -2.32. The summed E-state index contributed by atoms with van der Waals surface area (Å²) in [5.74, 6) is -0.388. The van der Waals surface area contributed by atoms with Gasteiger partial charge in [0, 0.05) is 13.1 Å². The third kappa shape index (κ3) is 4.54. The lowest BCUT2D eigenvalue weighted by Crippen LogP contribution is -2.46. The van der Waals surface area contributed by atoms with Crippen LogP contribution in [0.3, 0.4) is 0 Å². The highest BCUT2D eigenvalue weighted by molar-refractivity contribution is 7.89. The van der Waals surface area contributed by atoms with Crippen LogP contribution in [0.1, 0.15) is 38.6 Å². The number of benzene rings is 2. The molecule has 0 spiro atoms. The molecule has 1 fully saturated rings. The van der Waals surface area contributed by atoms with Gasteiger partial charge in [-0.15, -0.1) is 0 Å². The van der Waals surface area contributed by atoms with Gasteiger partial charge in [-0.3, -0.25) is 4.79 Å². The molecular weight excluding hydrogens is 431 g/mol. The smallest absolute Gasteiger partial charge is 0.243 e. The number of H-pyrrole nitrogens is 1. The number of rotatable bonds is 6. The van der Waals surface area contributed by atoms with Crippen LogP contribution in [0.5, 0.6) is 0 Å². The summed E-state index contributed by atoms with van der Waals surface area (Å²) >= 11 is 0. The maximum Gasteiger partial charge on any atom is 0.243 e. The van der Waals surface area contributed by atoms with Crippen LogP contribution < -0.4 is 5.32 Å². The number of sulfonamides is 1. The Labute approximate surface area is 187 Å². The molecule has 170 valence electrons. The predicted molar refractivity (Wildman–Crippen MR) is 120 cm³/mol. The van der Waals surface area contributed by atoms with Gasteiger partial charge in [-0.1, -0.05) is 26.0 Å². The predicted octanol–water partition coefficient (Wildman–Crippen LogP) is 3.62. The molecule has 2 atom stereocenters. The van der Waals surface area contributed by atoms with E-state index in [-0.39, 0.29) is 29.3 Å². The summed E-state index contributed by atoms with van der Waals surface area (Å²) in [5, 5.41) is 3.08. The standard InChI is InChI=1S/C23H27FN4O3S/c1-15(2)21(22-25-19-7-3-4-8-20(19)26-22)27-23(29)16-6-5-13-28(14-16)32(30,31)18-11-9-17(24)10-12-18/h3-4,7-12,15-16,21H,5-6,13-14H2,1-2H3,(H,25,26)(H,27,29)/t16-,21+/m1/s1. The Bertz CT molecular complexity index is 1170. The summed E-state index contributed by atoms with van der Waals surface area (Å²) in [5.41, 5.74) is 1.73. The number of halogens is 1. The summed E-state index contributed by atoms with van der Waals surface area (Å²) in [7, 11) is -3.79. The van der Waals surface area contributed by atoms with Crippen LogP contribution >= 0.6 is 0 Å². The summed E-state index contributed by atoms with van der Waals surface area (Å²) < 4.78 is 40.5. The van der Waals surface area contributed by atoms with Crippen LogP contribution in [-0.2, 0) is 14.8 Å². The molecule has 0 bridgehead atoms. The van der Waals surface area contributed by atoms with Crippen LogP contribution in [0.2, 0.25) is 0 Å². The van der Waals surface area contributed by atoms with Gasteiger partial charge in [0.15, 0.2) is 0 Å². The van der Waals surface area contributed by atoms with Crippen molar-refractivity contribution >= 4 is 27.0 Å². The van der Waals surface area contributed by atoms with Gasteiger partial charge in [-0.2, -0.15) is 4.31 Å². The van der Waals surface area contributed by atoms with E-state index in [1.165, 1.54) is 16.4 Å². The van der Waals surface area contributed by atoms with E-state index in [9.17, 15) is 17.6 Å². The van der Waals surface area contributed by atoms with Gasteiger partial charge in [-0.05, 0) is 55.2 Å². The number of fused-ring (bicyclic) bond motifs is 1. The second-order valence-electron chi connectivity index (χ2n) is 8.53. The van der Waals surface area contributed by atoms with E-state index in [0.29, 0.717) is 25.2 Å². The van der Waals surface area contributed by atoms with Crippen molar-refractivity contribution in [3.8, 4) is 0 Å². The molecule has 0 radical (unpaired) electrons. The monoisotopic (exact) mass is 458 g/mol. The Morgan fingerprint density at radius 3 is 2.59 bits per heavy atom. The van der Waals surface area contributed by atoms with Crippen molar-refractivity contribution in [3.05, 3.63) is 60.2 Å². The van der Waals surface area contributed by atoms with Gasteiger partial charge in [0.1, 0.15) is 11.6 Å². The second-order valence-corrected chi connectivity index (χ2v) is 10.5. The van der Waals surface area contributed by atoms with Crippen molar-refractivity contribution in [2.24, 2.45) is 11.8 Å². The Morgan fingerprint density at radius 1 is 1.19 bits per heavy atom. The first kappa shape index (κ1) is 22.4. The Kier molecular flexibility index (Phi) is 6.30. The summed E-state index contributed by atoms with van der Waals surface area (Å²) in [4.78, 5) is 21.1. The summed E-state index contributed by atoms with van der Waals surface area (Å²) in [6, 6.07) is 12.1. The van der Waals surface area contributed by atoms with Crippen LogP contribution in [0.4, 0.5) is 4.39 Å². The van der Waals surface area contributed by atoms with Gasteiger partial charge in [0.2, 0.25) is 15.9 Å². The number of aromatic amines is 1. The van der Waals surface area contributed by atoms with Crippen molar-refractivity contribution in [1.29, 1.82) is 0 Å². The highest BCUT2D eigenvalue weighted by atomic mass is 32.2. The molecular formula is C23H27FN4O3S. The van der Waals surface area contributed by atoms with Crippen molar-refractivity contribution in [2.75, 3.05) is 13.1 Å². The molecule has 32 heavy (non-hydrogen) atoms. The fourth-order valence-corrected chi connectivity index (χ4v) is 5.60. The second kappa shape index (κ2) is 8.99. The number of carbonyl (C=O) groups is 1. The number of nitrogens with zero attached hydrogens (tertiary/aromatic N) is 2. The van der Waals surface area contributed by atoms with Crippen molar-refractivity contribution in [1.82, 2.24) is 19.6 Å². The molecule has 1 aliphatic rings. The van der Waals surface area contributed by atoms with Gasteiger partial charge in [0.05, 0.1) is 27.9 Å². The zero-order chi connectivity index (χ0) is 22.9. The number of nitrogens with one attached hydrogen (secondary N) is 2. The van der Waals surface area contributed by atoms with Gasteiger partial charge in [0.25, 0.3) is 0 Å². The number of piperidine rings is 1. The van der Waals surface area contributed by atoms with Crippen LogP contribution in [0.25, 0.3) is 11.0 Å². The first-order valence-electron chi connectivity index (χ1n) is 10.8. The quantitative estimate of drug-likeness (QED) is 0.590. The molecule has 2 aromatic carbocycles. The number of hydrogen-bond acceptors (Lipinski definition) is 4. The first-order valence-corrected chi connectivity index (χ1v) is 12.2. The number of carbonyl (C=O) groups excluding carboxylic acids is 1. The molecule has 2 N–H and O–H groups in total. The molecule has 9 heteroatoms. The maximum absolute atomic E-state index is 13.2. The number of aromatic nitrogens is 2. The van der Waals surface area contributed by atoms with Gasteiger partial charge < -0.3 is 10.3 Å². The average Bonchev–Trinajstić information content (AvgIpc) is 3.21. The van der Waals surface area contributed by atoms with E-state index in [1.54, 1.807) is 0 Å². The van der Waals surface area contributed by atoms with E-state index < -0.39 is 21.8 Å². The largest absolute Gasteiger partial charge is 0.346 e. The maximum atomic E-state index is 13.2. The van der Waals surface area contributed by atoms with Gasteiger partial charge in [-0.25, -0.2) is 17.8 Å². The molecule has 2 heterocycles. The third-order valence-electron chi connectivity index (χ3n) is 5.87. The fraction of sp³-hybridized carbons (Fsp3) is 0.391. The van der Waals surface area contributed by atoms with Crippen molar-refractivity contribution in [2.45, 2.75) is 37.6 Å². The summed E-state index contributed by atoms with van der Waals surface area (Å²) in [6.45, 7) is 4.44. The number of para-hydroxylation sites is 2. The van der Waals surface area contributed by atoms with Crippen LogP contribution in [0.15, 0.2) is 53.4 Å². The molecule has 0 unspecified atom stereocenters. The van der Waals surface area contributed by atoms with E-state index in [4.69, 9.17) is 0 Å². The van der Waals surface area contributed by atoms with Crippen LogP contribution in [-0.4, -0.2) is 41.7 Å². The van der Waals surface area contributed by atoms with E-state index in [0.717, 1.165) is 23.2 Å². The highest BCUT2D eigenvalue weighted by Gasteiger charge is 2.34. The minimum Gasteiger partial charge on any atom is -0.346 e. The lowest BCUT2D eigenvalue weighted by molar-refractivity contribution is -0.127. The molecule has 3 aromatic rings. The van der Waals surface area contributed by atoms with E-state index >= 15 is 0 Å². The topological polar surface area (TPSA) is 95.2 Å². The number of imidazole rings is 1. The number of amides is 1. The third-order valence-corrected chi connectivity index (χ3v) is 7.75. The lowest BCUT2D eigenvalue weighted by atomic mass is 9.96. The molecule has 4 rings (SSSR count). The Hall–Kier alpha value is -2.78. The summed E-state index contributed by atoms with van der Waals surface area (Å²) in [6.07, 6.45) is 1.18. The molecule has 0 saturated carbocycles. The zero-order valence-electron chi connectivity index (χ0n) is 18.1. The van der Waals surface area contributed by atoms with E-state index in [2.05, 4.69) is 15.3 Å². The Balaban J connectivity index is 1.50. The molecule has 1 amide bonds. The zero-order valence-corrected chi connectivity index (χ0v) is 18.9. The SMILES string of the molecule is CC(C)[C@H](NC(=O)[C@@H]1CCCN(S(=O)(=O)c2ccc(F)cc2)C1)c1nc2ccccc2[nH]1. The van der Waals surface area contributed by atoms with Gasteiger partial charge >= 0.3 is 0 Å².